The van der Waals surface area contributed by atoms with Gasteiger partial charge in [-0.15, -0.1) is 5.10 Å². The molecule has 1 aromatic carbocycles. The monoisotopic (exact) mass is 458 g/mol. The molecule has 12 nitrogen and oxygen atoms in total. The molecule has 0 fully saturated rings. The first-order chi connectivity index (χ1) is 15.4. The number of nitrogens with zero attached hydrogens (tertiary/aromatic N) is 4. The largest absolute Gasteiger partial charge is 0.477 e. The molecule has 0 aliphatic heterocycles. The van der Waals surface area contributed by atoms with Gasteiger partial charge in [0, 0.05) is 12.6 Å². The summed E-state index contributed by atoms with van der Waals surface area (Å²) >= 11 is 0. The molecule has 0 bridgehead atoms. The van der Waals surface area contributed by atoms with E-state index in [-0.39, 0.29) is 29.1 Å². The average Bonchev–Trinajstić information content (AvgIpc) is 3.11. The van der Waals surface area contributed by atoms with E-state index in [1.807, 2.05) is 39.8 Å². The number of fused-ring (bicyclic) bond motifs is 1. The zero-order valence-electron chi connectivity index (χ0n) is 18.9. The van der Waals surface area contributed by atoms with Crippen LogP contribution < -0.4 is 11.5 Å². The van der Waals surface area contributed by atoms with Crippen molar-refractivity contribution in [3.05, 3.63) is 52.3 Å². The van der Waals surface area contributed by atoms with E-state index in [0.29, 0.717) is 12.1 Å². The van der Waals surface area contributed by atoms with Gasteiger partial charge in [0.05, 0.1) is 12.7 Å². The van der Waals surface area contributed by atoms with Gasteiger partial charge in [0.15, 0.2) is 11.4 Å². The summed E-state index contributed by atoms with van der Waals surface area (Å²) in [6.07, 6.45) is 0. The van der Waals surface area contributed by atoms with Crippen LogP contribution in [0.5, 0.6) is 0 Å². The van der Waals surface area contributed by atoms with Crippen LogP contribution >= 0.6 is 0 Å². The first kappa shape index (κ1) is 25.2. The van der Waals surface area contributed by atoms with E-state index in [1.54, 1.807) is 6.07 Å². The Labute approximate surface area is 189 Å². The van der Waals surface area contributed by atoms with Crippen LogP contribution in [0.1, 0.15) is 63.2 Å². The molecule has 2 heterocycles. The fourth-order valence-electron chi connectivity index (χ4n) is 2.66. The van der Waals surface area contributed by atoms with Gasteiger partial charge >= 0.3 is 17.9 Å². The van der Waals surface area contributed by atoms with Crippen molar-refractivity contribution in [1.29, 1.82) is 0 Å². The van der Waals surface area contributed by atoms with E-state index in [4.69, 9.17) is 21.3 Å². The molecule has 0 amide bonds. The fourth-order valence-corrected chi connectivity index (χ4v) is 2.66. The van der Waals surface area contributed by atoms with E-state index in [2.05, 4.69) is 19.8 Å². The van der Waals surface area contributed by atoms with Crippen molar-refractivity contribution in [3.8, 4) is 0 Å². The lowest BCUT2D eigenvalue weighted by Crippen LogP contribution is -2.24. The number of benzene rings is 1. The summed E-state index contributed by atoms with van der Waals surface area (Å²) in [6.45, 7) is 7.94. The normalized spacial score (nSPS) is 10.8. The lowest BCUT2D eigenvalue weighted by molar-refractivity contribution is 0.00683. The van der Waals surface area contributed by atoms with Crippen LogP contribution in [0.4, 0.5) is 5.95 Å². The first-order valence-electron chi connectivity index (χ1n) is 9.74. The quantitative estimate of drug-likeness (QED) is 0.482. The van der Waals surface area contributed by atoms with Crippen molar-refractivity contribution in [2.24, 2.45) is 5.73 Å². The molecular weight excluding hydrogens is 432 g/mol. The maximum Gasteiger partial charge on any atom is 0.356 e. The van der Waals surface area contributed by atoms with Crippen LogP contribution in [-0.2, 0) is 16.0 Å². The van der Waals surface area contributed by atoms with Crippen LogP contribution in [-0.4, -0.2) is 55.3 Å². The molecule has 0 atom stereocenters. The lowest BCUT2D eigenvalue weighted by Gasteiger charge is -2.20. The Hall–Kier alpha value is -4.06. The number of ether oxygens (including phenoxy) is 2. The van der Waals surface area contributed by atoms with Gasteiger partial charge in [0.25, 0.3) is 5.78 Å². The number of aromatic carboxylic acids is 1. The summed E-state index contributed by atoms with van der Waals surface area (Å²) < 4.78 is 10.8. The van der Waals surface area contributed by atoms with Gasteiger partial charge in [0.2, 0.25) is 5.95 Å². The Morgan fingerprint density at radius 3 is 2.30 bits per heavy atom. The van der Waals surface area contributed by atoms with E-state index < -0.39 is 17.5 Å². The number of aryl methyl sites for hydroxylation is 1. The van der Waals surface area contributed by atoms with Gasteiger partial charge < -0.3 is 26.0 Å². The Kier molecular flexibility index (Phi) is 7.67. The van der Waals surface area contributed by atoms with E-state index in [9.17, 15) is 14.4 Å². The van der Waals surface area contributed by atoms with Crippen LogP contribution in [0.2, 0.25) is 0 Å². The molecule has 33 heavy (non-hydrogen) atoms. The van der Waals surface area contributed by atoms with Crippen molar-refractivity contribution < 1.29 is 29.0 Å². The number of hydrogen-bond donors (Lipinski definition) is 3. The first-order valence-corrected chi connectivity index (χ1v) is 9.74. The van der Waals surface area contributed by atoms with Crippen molar-refractivity contribution in [3.63, 3.8) is 0 Å². The highest BCUT2D eigenvalue weighted by molar-refractivity contribution is 5.93. The molecule has 0 unspecified atom stereocenters. The molecule has 0 radical (unpaired) electrons. The zero-order chi connectivity index (χ0) is 24.9. The number of esters is 2. The van der Waals surface area contributed by atoms with E-state index in [1.165, 1.54) is 0 Å². The summed E-state index contributed by atoms with van der Waals surface area (Å²) in [5.74, 6) is -2.54. The molecule has 2 aromatic heterocycles. The summed E-state index contributed by atoms with van der Waals surface area (Å²) in [6, 6.07) is 6.58. The number of hydrogen-bond acceptors (Lipinski definition) is 10. The Balaban J connectivity index is 0.000000234. The number of aromatic nitrogens is 4. The fraction of sp³-hybridized carbons (Fsp3) is 0.333. The third-order valence-electron chi connectivity index (χ3n) is 4.09. The summed E-state index contributed by atoms with van der Waals surface area (Å²) in [5, 5.41) is 12.5. The second-order valence-corrected chi connectivity index (χ2v) is 7.86. The maximum absolute atomic E-state index is 11.8. The molecule has 176 valence electrons. The lowest BCUT2D eigenvalue weighted by atomic mass is 10.0. The highest BCUT2D eigenvalue weighted by Crippen LogP contribution is 2.16. The number of carbonyl (C=O) groups is 3. The number of rotatable bonds is 4. The number of anilines is 1. The van der Waals surface area contributed by atoms with Gasteiger partial charge in [-0.3, -0.25) is 0 Å². The zero-order valence-corrected chi connectivity index (χ0v) is 18.9. The molecule has 3 rings (SSSR count). The van der Waals surface area contributed by atoms with Crippen molar-refractivity contribution in [1.82, 2.24) is 19.6 Å². The molecule has 5 N–H and O–H groups in total. The summed E-state index contributed by atoms with van der Waals surface area (Å²) in [4.78, 5) is 41.4. The summed E-state index contributed by atoms with van der Waals surface area (Å²) in [5.41, 5.74) is 12.5. The predicted octanol–water partition coefficient (Wildman–Crippen LogP) is 1.60. The topological polar surface area (TPSA) is 185 Å². The summed E-state index contributed by atoms with van der Waals surface area (Å²) in [7, 11) is 1.16. The standard InChI is InChI=1S/C13H19NO2.C8H7N5O4/c1-9-7-10(8-14)5-6-11(9)12(15)16-13(2,3)4;1-17-6(16)4-2-3(5(14)15)10-8-11-7(9)12-13(4)8/h5-7H,8,14H2,1-4H3;2H,1H3,(H2,9,12)(H,14,15). The van der Waals surface area contributed by atoms with Crippen molar-refractivity contribution in [2.45, 2.75) is 39.8 Å². The molecule has 12 heteroatoms. The van der Waals surface area contributed by atoms with Crippen LogP contribution in [0, 0.1) is 6.92 Å². The molecule has 0 spiro atoms. The van der Waals surface area contributed by atoms with Gasteiger partial charge in [0.1, 0.15) is 5.60 Å². The Morgan fingerprint density at radius 2 is 1.79 bits per heavy atom. The highest BCUT2D eigenvalue weighted by atomic mass is 16.6. The molecular formula is C21H26N6O6. The smallest absolute Gasteiger partial charge is 0.356 e. The van der Waals surface area contributed by atoms with Gasteiger partial charge in [-0.1, -0.05) is 12.1 Å². The van der Waals surface area contributed by atoms with Crippen LogP contribution in [0.25, 0.3) is 5.78 Å². The SMILES string of the molecule is COC(=O)c1cc(C(=O)O)nc2nc(N)nn12.Cc1cc(CN)ccc1C(=O)OC(C)(C)C. The molecule has 0 aliphatic carbocycles. The van der Waals surface area contributed by atoms with E-state index in [0.717, 1.165) is 28.8 Å². The van der Waals surface area contributed by atoms with Gasteiger partial charge in [-0.2, -0.15) is 9.50 Å². The molecule has 0 aliphatic rings. The van der Waals surface area contributed by atoms with Crippen molar-refractivity contribution in [2.75, 3.05) is 12.8 Å². The van der Waals surface area contributed by atoms with Gasteiger partial charge in [-0.05, 0) is 44.9 Å². The number of carboxylic acid groups (broad SMARTS) is 1. The van der Waals surface area contributed by atoms with Crippen molar-refractivity contribution >= 4 is 29.6 Å². The number of carboxylic acids is 1. The number of nitrogen functional groups attached to an aromatic ring is 1. The molecule has 0 saturated heterocycles. The second kappa shape index (κ2) is 10.0. The number of carbonyl (C=O) groups excluding carboxylic acids is 2. The average molecular weight is 458 g/mol. The maximum atomic E-state index is 11.8. The molecule has 3 aromatic rings. The van der Waals surface area contributed by atoms with Gasteiger partial charge in [-0.25, -0.2) is 19.4 Å². The number of nitrogens with two attached hydrogens (primary N) is 2. The minimum atomic E-state index is -1.29. The Morgan fingerprint density at radius 1 is 1.12 bits per heavy atom. The molecule has 0 saturated carbocycles. The minimum Gasteiger partial charge on any atom is -0.477 e. The number of methoxy groups -OCH3 is 1. The predicted molar refractivity (Wildman–Crippen MR) is 118 cm³/mol. The van der Waals surface area contributed by atoms with Crippen LogP contribution in [0.15, 0.2) is 24.3 Å². The van der Waals surface area contributed by atoms with E-state index >= 15 is 0 Å². The third kappa shape index (κ3) is 6.46. The Bertz CT molecular complexity index is 1200. The third-order valence-corrected chi connectivity index (χ3v) is 4.09. The second-order valence-electron chi connectivity index (χ2n) is 7.86. The van der Waals surface area contributed by atoms with Crippen LogP contribution in [0.3, 0.4) is 0 Å². The minimum absolute atomic E-state index is 0.0807. The highest BCUT2D eigenvalue weighted by Gasteiger charge is 2.20.